The number of aryl methyl sites for hydroxylation is 1. The fourth-order valence-electron chi connectivity index (χ4n) is 1.55. The average molecular weight is 312 g/mol. The van der Waals surface area contributed by atoms with Crippen LogP contribution in [-0.4, -0.2) is 16.3 Å². The first-order valence-corrected chi connectivity index (χ1v) is 6.97. The molecule has 0 radical (unpaired) electrons. The molecule has 5 heteroatoms. The van der Waals surface area contributed by atoms with Crippen molar-refractivity contribution in [2.75, 3.05) is 6.54 Å². The zero-order chi connectivity index (χ0) is 12.3. The van der Waals surface area contributed by atoms with Gasteiger partial charge in [-0.1, -0.05) is 12.1 Å². The summed E-state index contributed by atoms with van der Waals surface area (Å²) in [6.45, 7) is 0.595. The lowest BCUT2D eigenvalue weighted by molar-refractivity contribution is 0.766. The van der Waals surface area contributed by atoms with E-state index in [1.54, 1.807) is 16.4 Å². The number of hydrogen-bond acceptors (Lipinski definition) is 3. The molecule has 2 N–H and O–H groups in total. The Balaban J connectivity index is 2.18. The number of benzene rings is 1. The van der Waals surface area contributed by atoms with E-state index in [1.165, 1.54) is 4.90 Å². The van der Waals surface area contributed by atoms with E-state index in [0.29, 0.717) is 6.54 Å². The molecule has 0 bridgehead atoms. The van der Waals surface area contributed by atoms with Gasteiger partial charge in [0.05, 0.1) is 6.20 Å². The Morgan fingerprint density at radius 1 is 1.47 bits per heavy atom. The van der Waals surface area contributed by atoms with Crippen LogP contribution in [0, 0.1) is 0 Å². The van der Waals surface area contributed by atoms with E-state index >= 15 is 0 Å². The Labute approximate surface area is 114 Å². The van der Waals surface area contributed by atoms with Crippen molar-refractivity contribution in [3.8, 4) is 0 Å². The first-order chi connectivity index (χ1) is 8.20. The summed E-state index contributed by atoms with van der Waals surface area (Å²) in [5.41, 5.74) is 7.00. The fourth-order valence-corrected chi connectivity index (χ4v) is 3.12. The van der Waals surface area contributed by atoms with Crippen LogP contribution in [0.3, 0.4) is 0 Å². The highest BCUT2D eigenvalue weighted by Gasteiger charge is 2.14. The van der Waals surface area contributed by atoms with Crippen LogP contribution in [0.25, 0.3) is 0 Å². The molecule has 1 aromatic carbocycles. The standard InChI is InChI=1S/C12H14BrN3S/c1-16-8-9(7-15-16)12(6-14)17-11-5-3-2-4-10(11)13/h2-5,7-8,12H,6,14H2,1H3. The summed E-state index contributed by atoms with van der Waals surface area (Å²) < 4.78 is 2.91. The lowest BCUT2D eigenvalue weighted by Crippen LogP contribution is -2.08. The van der Waals surface area contributed by atoms with E-state index in [0.717, 1.165) is 10.0 Å². The molecule has 3 nitrogen and oxygen atoms in total. The van der Waals surface area contributed by atoms with Crippen LogP contribution < -0.4 is 5.73 Å². The molecule has 0 fully saturated rings. The van der Waals surface area contributed by atoms with Crippen LogP contribution in [-0.2, 0) is 7.05 Å². The van der Waals surface area contributed by atoms with Crippen molar-refractivity contribution in [2.45, 2.75) is 10.1 Å². The maximum atomic E-state index is 5.84. The van der Waals surface area contributed by atoms with Gasteiger partial charge in [-0.15, -0.1) is 11.8 Å². The monoisotopic (exact) mass is 311 g/mol. The van der Waals surface area contributed by atoms with E-state index < -0.39 is 0 Å². The molecule has 1 atom stereocenters. The van der Waals surface area contributed by atoms with Gasteiger partial charge >= 0.3 is 0 Å². The Hall–Kier alpha value is -0.780. The van der Waals surface area contributed by atoms with E-state index in [9.17, 15) is 0 Å². The smallest absolute Gasteiger partial charge is 0.0533 e. The van der Waals surface area contributed by atoms with E-state index in [1.807, 2.05) is 37.6 Å². The van der Waals surface area contributed by atoms with Crippen LogP contribution in [0.5, 0.6) is 0 Å². The van der Waals surface area contributed by atoms with Gasteiger partial charge in [-0.2, -0.15) is 5.10 Å². The molecular weight excluding hydrogens is 298 g/mol. The molecule has 17 heavy (non-hydrogen) atoms. The Morgan fingerprint density at radius 3 is 2.82 bits per heavy atom. The highest BCUT2D eigenvalue weighted by Crippen LogP contribution is 2.37. The van der Waals surface area contributed by atoms with Gasteiger partial charge in [-0.3, -0.25) is 4.68 Å². The Kier molecular flexibility index (Phi) is 4.25. The minimum absolute atomic E-state index is 0.238. The summed E-state index contributed by atoms with van der Waals surface area (Å²) >= 11 is 5.31. The summed E-state index contributed by atoms with van der Waals surface area (Å²) in [5, 5.41) is 4.42. The summed E-state index contributed by atoms with van der Waals surface area (Å²) in [6, 6.07) is 8.17. The minimum atomic E-state index is 0.238. The van der Waals surface area contributed by atoms with Crippen molar-refractivity contribution in [3.63, 3.8) is 0 Å². The second kappa shape index (κ2) is 5.71. The zero-order valence-electron chi connectivity index (χ0n) is 9.51. The topological polar surface area (TPSA) is 43.8 Å². The highest BCUT2D eigenvalue weighted by atomic mass is 79.9. The van der Waals surface area contributed by atoms with Gasteiger partial charge < -0.3 is 5.73 Å². The van der Waals surface area contributed by atoms with Crippen molar-refractivity contribution < 1.29 is 0 Å². The normalized spacial score (nSPS) is 12.6. The number of nitrogens with zero attached hydrogens (tertiary/aromatic N) is 2. The van der Waals surface area contributed by atoms with Gasteiger partial charge in [0.1, 0.15) is 0 Å². The molecule has 90 valence electrons. The second-order valence-electron chi connectivity index (χ2n) is 3.72. The number of aromatic nitrogens is 2. The van der Waals surface area contributed by atoms with Crippen molar-refractivity contribution in [1.82, 2.24) is 9.78 Å². The first kappa shape index (κ1) is 12.7. The summed E-state index contributed by atoms with van der Waals surface area (Å²) in [6.07, 6.45) is 3.89. The Morgan fingerprint density at radius 2 is 2.24 bits per heavy atom. The average Bonchev–Trinajstić information content (AvgIpc) is 2.75. The van der Waals surface area contributed by atoms with Gasteiger partial charge in [0.25, 0.3) is 0 Å². The molecule has 0 saturated heterocycles. The van der Waals surface area contributed by atoms with Crippen molar-refractivity contribution in [1.29, 1.82) is 0 Å². The molecule has 0 amide bonds. The largest absolute Gasteiger partial charge is 0.329 e. The SMILES string of the molecule is Cn1cc(C(CN)Sc2ccccc2Br)cn1. The van der Waals surface area contributed by atoms with Crippen molar-refractivity contribution in [3.05, 3.63) is 46.7 Å². The van der Waals surface area contributed by atoms with Gasteiger partial charge in [0, 0.05) is 40.0 Å². The number of thioether (sulfide) groups is 1. The molecule has 1 aromatic heterocycles. The molecule has 0 spiro atoms. The maximum Gasteiger partial charge on any atom is 0.0533 e. The fraction of sp³-hybridized carbons (Fsp3) is 0.250. The summed E-state index contributed by atoms with van der Waals surface area (Å²) in [4.78, 5) is 1.20. The van der Waals surface area contributed by atoms with Crippen LogP contribution in [0.1, 0.15) is 10.8 Å². The number of rotatable bonds is 4. The number of hydrogen-bond donors (Lipinski definition) is 1. The van der Waals surface area contributed by atoms with Gasteiger partial charge in [0.2, 0.25) is 0 Å². The quantitative estimate of drug-likeness (QED) is 0.883. The minimum Gasteiger partial charge on any atom is -0.329 e. The van der Waals surface area contributed by atoms with E-state index in [-0.39, 0.29) is 5.25 Å². The third kappa shape index (κ3) is 3.12. The molecule has 2 aromatic rings. The second-order valence-corrected chi connectivity index (χ2v) is 5.82. The van der Waals surface area contributed by atoms with Crippen LogP contribution in [0.15, 0.2) is 46.0 Å². The lowest BCUT2D eigenvalue weighted by Gasteiger charge is -2.13. The maximum absolute atomic E-state index is 5.84. The molecule has 1 heterocycles. The molecule has 0 saturated carbocycles. The summed E-state index contributed by atoms with van der Waals surface area (Å²) in [5.74, 6) is 0. The number of nitrogens with two attached hydrogens (primary N) is 1. The molecule has 0 aliphatic heterocycles. The zero-order valence-corrected chi connectivity index (χ0v) is 11.9. The molecule has 2 rings (SSSR count). The van der Waals surface area contributed by atoms with E-state index in [4.69, 9.17) is 5.73 Å². The molecule has 1 unspecified atom stereocenters. The van der Waals surface area contributed by atoms with Crippen molar-refractivity contribution >= 4 is 27.7 Å². The third-order valence-corrected chi connectivity index (χ3v) is 4.73. The van der Waals surface area contributed by atoms with Gasteiger partial charge in [0.15, 0.2) is 0 Å². The molecule has 0 aliphatic carbocycles. The first-order valence-electron chi connectivity index (χ1n) is 5.30. The van der Waals surface area contributed by atoms with Crippen LogP contribution >= 0.6 is 27.7 Å². The number of halogens is 1. The summed E-state index contributed by atoms with van der Waals surface area (Å²) in [7, 11) is 1.92. The molecular formula is C12H14BrN3S. The van der Waals surface area contributed by atoms with E-state index in [2.05, 4.69) is 27.1 Å². The predicted molar refractivity (Wildman–Crippen MR) is 75.0 cm³/mol. The Bertz CT molecular complexity index is 498. The van der Waals surface area contributed by atoms with Crippen molar-refractivity contribution in [2.24, 2.45) is 12.8 Å². The third-order valence-electron chi connectivity index (χ3n) is 2.42. The van der Waals surface area contributed by atoms with Crippen LogP contribution in [0.4, 0.5) is 0 Å². The van der Waals surface area contributed by atoms with Crippen LogP contribution in [0.2, 0.25) is 0 Å². The van der Waals surface area contributed by atoms with Gasteiger partial charge in [-0.25, -0.2) is 0 Å². The predicted octanol–water partition coefficient (Wildman–Crippen LogP) is 2.97. The molecule has 0 aliphatic rings. The van der Waals surface area contributed by atoms with Gasteiger partial charge in [-0.05, 0) is 28.1 Å². The highest BCUT2D eigenvalue weighted by molar-refractivity contribution is 9.10. The lowest BCUT2D eigenvalue weighted by atomic mass is 10.2.